The van der Waals surface area contributed by atoms with E-state index in [1.165, 1.54) is 24.3 Å². The second-order valence-corrected chi connectivity index (χ2v) is 5.98. The number of carbonyl (C=O) groups excluding carboxylic acids is 3. The zero-order chi connectivity index (χ0) is 19.0. The van der Waals surface area contributed by atoms with E-state index in [2.05, 4.69) is 5.32 Å². The van der Waals surface area contributed by atoms with Crippen molar-refractivity contribution in [1.29, 1.82) is 0 Å². The normalized spacial score (nSPS) is 16.4. The van der Waals surface area contributed by atoms with Gasteiger partial charge in [-0.25, -0.2) is 14.1 Å². The number of rotatable bonds is 3. The van der Waals surface area contributed by atoms with Crippen LogP contribution in [-0.2, 0) is 16.1 Å². The summed E-state index contributed by atoms with van der Waals surface area (Å²) in [7, 11) is 0. The van der Waals surface area contributed by atoms with Crippen LogP contribution in [-0.4, -0.2) is 22.4 Å². The minimum Gasteiger partial charge on any atom is -0.349 e. The third-order valence-corrected chi connectivity index (χ3v) is 4.42. The first-order valence-corrected chi connectivity index (χ1v) is 8.17. The van der Waals surface area contributed by atoms with Gasteiger partial charge in [-0.2, -0.15) is 0 Å². The van der Waals surface area contributed by atoms with Crippen LogP contribution < -0.4 is 10.2 Å². The molecule has 1 N–H and O–H groups in total. The second kappa shape index (κ2) is 6.59. The maximum atomic E-state index is 14.1. The van der Waals surface area contributed by atoms with Gasteiger partial charge in [0.1, 0.15) is 11.4 Å². The van der Waals surface area contributed by atoms with E-state index in [-0.39, 0.29) is 11.3 Å². The first kappa shape index (κ1) is 17.6. The first-order valence-electron chi connectivity index (χ1n) is 8.17. The van der Waals surface area contributed by atoms with Gasteiger partial charge in [0.25, 0.3) is 11.8 Å². The summed E-state index contributed by atoms with van der Waals surface area (Å²) < 4.78 is 16.1. The molecule has 0 atom stereocenters. The zero-order valence-corrected chi connectivity index (χ0v) is 14.7. The fourth-order valence-electron chi connectivity index (χ4n) is 3.13. The van der Waals surface area contributed by atoms with Gasteiger partial charge < -0.3 is 4.57 Å². The highest BCUT2D eigenvalue weighted by Gasteiger charge is 2.38. The lowest BCUT2D eigenvalue weighted by molar-refractivity contribution is -0.122. The van der Waals surface area contributed by atoms with Crippen LogP contribution in [0.2, 0.25) is 0 Å². The Bertz CT molecular complexity index is 959. The van der Waals surface area contributed by atoms with Crippen LogP contribution in [0.1, 0.15) is 23.9 Å². The molecule has 1 aromatic carbocycles. The lowest BCUT2D eigenvalue weighted by atomic mass is 10.1. The van der Waals surface area contributed by atoms with Gasteiger partial charge in [0.05, 0.1) is 5.69 Å². The van der Waals surface area contributed by atoms with Crippen LogP contribution in [0.5, 0.6) is 0 Å². The summed E-state index contributed by atoms with van der Waals surface area (Å²) in [6.07, 6.45) is 1.44. The molecular formula is C19H18FN3O3. The highest BCUT2D eigenvalue weighted by Crippen LogP contribution is 2.25. The predicted octanol–water partition coefficient (Wildman–Crippen LogP) is 2.93. The number of aryl methyl sites for hydroxylation is 1. The number of anilines is 1. The number of nitrogens with one attached hydrogen (secondary N) is 1. The van der Waals surface area contributed by atoms with E-state index in [9.17, 15) is 18.8 Å². The van der Waals surface area contributed by atoms with Gasteiger partial charge in [-0.1, -0.05) is 12.1 Å². The summed E-state index contributed by atoms with van der Waals surface area (Å²) in [5.74, 6) is -2.38. The van der Waals surface area contributed by atoms with Crippen LogP contribution in [0.15, 0.2) is 35.9 Å². The molecule has 1 aromatic heterocycles. The van der Waals surface area contributed by atoms with Crippen LogP contribution in [0, 0.1) is 19.7 Å². The zero-order valence-electron chi connectivity index (χ0n) is 14.7. The van der Waals surface area contributed by atoms with Gasteiger partial charge >= 0.3 is 6.03 Å². The molecular weight excluding hydrogens is 337 g/mol. The van der Waals surface area contributed by atoms with Gasteiger partial charge in [-0.15, -0.1) is 0 Å². The molecule has 7 heteroatoms. The molecule has 4 amide bonds. The molecule has 0 aliphatic carbocycles. The summed E-state index contributed by atoms with van der Waals surface area (Å²) in [6, 6.07) is 6.30. The van der Waals surface area contributed by atoms with Crippen LogP contribution in [0.25, 0.3) is 6.08 Å². The molecule has 0 saturated carbocycles. The summed E-state index contributed by atoms with van der Waals surface area (Å²) in [5, 5.41) is 2.10. The van der Waals surface area contributed by atoms with E-state index in [1.807, 2.05) is 31.4 Å². The molecule has 2 aromatic rings. The number of barbiturate groups is 1. The predicted molar refractivity (Wildman–Crippen MR) is 95.0 cm³/mol. The fourth-order valence-corrected chi connectivity index (χ4v) is 3.13. The van der Waals surface area contributed by atoms with Crippen molar-refractivity contribution in [3.8, 4) is 0 Å². The average Bonchev–Trinajstić information content (AvgIpc) is 2.86. The Kier molecular flexibility index (Phi) is 4.46. The van der Waals surface area contributed by atoms with E-state index < -0.39 is 23.7 Å². The van der Waals surface area contributed by atoms with Crippen LogP contribution in [0.4, 0.5) is 14.9 Å². The molecule has 1 fully saturated rings. The number of carbonyl (C=O) groups is 3. The first-order chi connectivity index (χ1) is 12.3. The van der Waals surface area contributed by atoms with Crippen molar-refractivity contribution in [1.82, 2.24) is 9.88 Å². The summed E-state index contributed by atoms with van der Waals surface area (Å²) in [4.78, 5) is 37.7. The van der Waals surface area contributed by atoms with Crippen molar-refractivity contribution in [3.05, 3.63) is 58.7 Å². The second-order valence-electron chi connectivity index (χ2n) is 5.98. The number of nitrogens with zero attached hydrogens (tertiary/aromatic N) is 2. The Hall–Kier alpha value is -3.22. The molecule has 1 saturated heterocycles. The van der Waals surface area contributed by atoms with Crippen molar-refractivity contribution in [3.63, 3.8) is 0 Å². The standard InChI is InChI=1S/C19H18FN3O3/c1-4-22-11(2)9-13(12(22)3)10-14-17(24)21-19(26)23(18(14)25)16-8-6-5-7-15(16)20/h5-10H,4H2,1-3H3,(H,21,24,26). The van der Waals surface area contributed by atoms with E-state index in [0.29, 0.717) is 10.5 Å². The number of hydrogen-bond acceptors (Lipinski definition) is 3. The third kappa shape index (κ3) is 2.81. The summed E-state index contributed by atoms with van der Waals surface area (Å²) in [5.41, 5.74) is 2.16. The Balaban J connectivity index is 2.08. The molecule has 6 nitrogen and oxygen atoms in total. The van der Waals surface area contributed by atoms with Gasteiger partial charge in [0.2, 0.25) is 0 Å². The number of hydrogen-bond donors (Lipinski definition) is 1. The number of benzene rings is 1. The van der Waals surface area contributed by atoms with E-state index in [4.69, 9.17) is 0 Å². The van der Waals surface area contributed by atoms with Gasteiger partial charge in [0, 0.05) is 17.9 Å². The topological polar surface area (TPSA) is 71.4 Å². The van der Waals surface area contributed by atoms with Gasteiger partial charge in [0.15, 0.2) is 0 Å². The lowest BCUT2D eigenvalue weighted by Gasteiger charge is -2.26. The fraction of sp³-hybridized carbons (Fsp3) is 0.211. The maximum Gasteiger partial charge on any atom is 0.336 e. The molecule has 2 heterocycles. The third-order valence-electron chi connectivity index (χ3n) is 4.42. The Morgan fingerprint density at radius 3 is 2.46 bits per heavy atom. The largest absolute Gasteiger partial charge is 0.349 e. The number of aromatic nitrogens is 1. The molecule has 0 radical (unpaired) electrons. The molecule has 3 rings (SSSR count). The van der Waals surface area contributed by atoms with E-state index >= 15 is 0 Å². The maximum absolute atomic E-state index is 14.1. The Labute approximate surface area is 149 Å². The SMILES string of the molecule is CCn1c(C)cc(C=C2C(=O)NC(=O)N(c3ccccc3F)C2=O)c1C. The monoisotopic (exact) mass is 355 g/mol. The van der Waals surface area contributed by atoms with Crippen LogP contribution in [0.3, 0.4) is 0 Å². The number of amides is 4. The number of imide groups is 2. The molecule has 26 heavy (non-hydrogen) atoms. The minimum atomic E-state index is -0.971. The highest BCUT2D eigenvalue weighted by molar-refractivity contribution is 6.39. The molecule has 0 bridgehead atoms. The number of halogens is 1. The van der Waals surface area contributed by atoms with E-state index in [0.717, 1.165) is 24.0 Å². The van der Waals surface area contributed by atoms with Gasteiger partial charge in [-0.3, -0.25) is 14.9 Å². The van der Waals surface area contributed by atoms with Crippen molar-refractivity contribution >= 4 is 29.6 Å². The summed E-state index contributed by atoms with van der Waals surface area (Å²) in [6.45, 7) is 6.55. The van der Waals surface area contributed by atoms with Crippen molar-refractivity contribution < 1.29 is 18.8 Å². The van der Waals surface area contributed by atoms with E-state index in [1.54, 1.807) is 0 Å². The Morgan fingerprint density at radius 2 is 1.85 bits per heavy atom. The van der Waals surface area contributed by atoms with Gasteiger partial charge in [-0.05, 0) is 50.6 Å². The molecule has 1 aliphatic heterocycles. The number of para-hydroxylation sites is 1. The van der Waals surface area contributed by atoms with Crippen LogP contribution >= 0.6 is 0 Å². The van der Waals surface area contributed by atoms with Crippen molar-refractivity contribution in [2.75, 3.05) is 4.90 Å². The summed E-state index contributed by atoms with van der Waals surface area (Å²) >= 11 is 0. The van der Waals surface area contributed by atoms with Crippen molar-refractivity contribution in [2.45, 2.75) is 27.3 Å². The Morgan fingerprint density at radius 1 is 1.15 bits per heavy atom. The molecule has 134 valence electrons. The molecule has 0 spiro atoms. The molecule has 1 aliphatic rings. The minimum absolute atomic E-state index is 0.201. The number of urea groups is 1. The smallest absolute Gasteiger partial charge is 0.336 e. The average molecular weight is 355 g/mol. The molecule has 0 unspecified atom stereocenters. The quantitative estimate of drug-likeness (QED) is 0.680. The highest BCUT2D eigenvalue weighted by atomic mass is 19.1. The lowest BCUT2D eigenvalue weighted by Crippen LogP contribution is -2.54. The van der Waals surface area contributed by atoms with Crippen molar-refractivity contribution in [2.24, 2.45) is 0 Å².